The predicted octanol–water partition coefficient (Wildman–Crippen LogP) is 13.8. The van der Waals surface area contributed by atoms with Crippen LogP contribution in [0.3, 0.4) is 0 Å². The molecule has 63 heavy (non-hydrogen) atoms. The Morgan fingerprint density at radius 2 is 1.10 bits per heavy atom. The number of nitrogens with zero attached hydrogens (tertiary/aromatic N) is 2. The van der Waals surface area contributed by atoms with Gasteiger partial charge in [0.1, 0.15) is 0 Å². The minimum atomic E-state index is -0.576. The highest BCUT2D eigenvalue weighted by Gasteiger charge is 2.53. The van der Waals surface area contributed by atoms with Crippen molar-refractivity contribution in [2.24, 2.45) is 0 Å². The van der Waals surface area contributed by atoms with Gasteiger partial charge in [-0.25, -0.2) is 0 Å². The van der Waals surface area contributed by atoms with Crippen LogP contribution in [-0.2, 0) is 16.2 Å². The van der Waals surface area contributed by atoms with Crippen LogP contribution in [0, 0.1) is 0 Å². The van der Waals surface area contributed by atoms with Crippen molar-refractivity contribution >= 4 is 57.0 Å². The summed E-state index contributed by atoms with van der Waals surface area (Å²) in [6.45, 7) is 11.6. The van der Waals surface area contributed by atoms with Gasteiger partial charge in [0, 0.05) is 33.4 Å². The number of hydrogen-bond donors (Lipinski definition) is 0. The first-order chi connectivity index (χ1) is 30.7. The first-order valence-corrected chi connectivity index (χ1v) is 22.6. The van der Waals surface area contributed by atoms with Crippen molar-refractivity contribution in [3.63, 3.8) is 0 Å². The highest BCUT2D eigenvalue weighted by Crippen LogP contribution is 2.61. The van der Waals surface area contributed by atoms with Crippen molar-refractivity contribution in [1.82, 2.24) is 0 Å². The molecule has 0 atom stereocenters. The second-order valence-corrected chi connectivity index (χ2v) is 19.6. The SMILES string of the molecule is CC(C)(C)c1ccc(N2B3c4cccc5c4N(c4ccccc4C5(c4ccccc4)c4ccccc4)c4c3c(cc3ccccc43)-c3cc4c(cc32)-c2ccccc2C4(C)C)cc1. The first-order valence-electron chi connectivity index (χ1n) is 22.6. The van der Waals surface area contributed by atoms with E-state index in [0.717, 1.165) is 0 Å². The van der Waals surface area contributed by atoms with E-state index < -0.39 is 5.41 Å². The maximum Gasteiger partial charge on any atom is 0.333 e. The molecule has 1 aliphatic carbocycles. The fraction of sp³-hybridized carbons (Fsp3) is 0.133. The van der Waals surface area contributed by atoms with Crippen LogP contribution >= 0.6 is 0 Å². The Labute approximate surface area is 371 Å². The van der Waals surface area contributed by atoms with Gasteiger partial charge in [0.25, 0.3) is 0 Å². The summed E-state index contributed by atoms with van der Waals surface area (Å²) in [6, 6.07) is 74.2. The number of anilines is 5. The maximum absolute atomic E-state index is 2.71. The van der Waals surface area contributed by atoms with E-state index in [-0.39, 0.29) is 17.7 Å². The van der Waals surface area contributed by atoms with E-state index in [1.807, 2.05) is 0 Å². The monoisotopic (exact) mass is 806 g/mol. The summed E-state index contributed by atoms with van der Waals surface area (Å²) in [5.41, 5.74) is 22.7. The molecular formula is C60H47BN2. The summed E-state index contributed by atoms with van der Waals surface area (Å²) >= 11 is 0. The standard InChI is InChI=1S/C60H47BN2/c1-58(2,3)39-31-33-42(34-32-39)63-54-37-45-44-25-14-15-26-48(44)59(4,5)51(45)36-46(54)47-35-38-19-12-13-24-43(38)56-55(47)61(63)52-29-18-28-50-57(52)62(56)53-30-17-16-27-49(53)60(50,40-20-8-6-9-21-40)41-22-10-7-11-23-41/h6-37H,1-5H3. The average Bonchev–Trinajstić information content (AvgIpc) is 3.54. The summed E-state index contributed by atoms with van der Waals surface area (Å²) in [4.78, 5) is 5.37. The summed E-state index contributed by atoms with van der Waals surface area (Å²) in [5.74, 6) is 0. The molecule has 300 valence electrons. The van der Waals surface area contributed by atoms with E-state index in [4.69, 9.17) is 0 Å². The van der Waals surface area contributed by atoms with Crippen LogP contribution in [0.25, 0.3) is 33.0 Å². The molecule has 0 spiro atoms. The number of rotatable bonds is 3. The van der Waals surface area contributed by atoms with Crippen LogP contribution in [0.4, 0.5) is 28.4 Å². The van der Waals surface area contributed by atoms with Gasteiger partial charge in [0.05, 0.1) is 16.8 Å². The number of hydrogen-bond acceptors (Lipinski definition) is 2. The third-order valence-corrected chi connectivity index (χ3v) is 15.0. The van der Waals surface area contributed by atoms with Gasteiger partial charge < -0.3 is 9.71 Å². The molecule has 13 rings (SSSR count). The summed E-state index contributed by atoms with van der Waals surface area (Å²) in [5, 5.41) is 2.52. The molecule has 9 aromatic carbocycles. The minimum absolute atomic E-state index is 0.0303. The molecule has 0 radical (unpaired) electrons. The van der Waals surface area contributed by atoms with Gasteiger partial charge in [-0.2, -0.15) is 0 Å². The van der Waals surface area contributed by atoms with E-state index in [9.17, 15) is 0 Å². The lowest BCUT2D eigenvalue weighted by molar-refractivity contribution is 0.590. The Morgan fingerprint density at radius 1 is 0.460 bits per heavy atom. The maximum atomic E-state index is 2.71. The molecular weight excluding hydrogens is 759 g/mol. The van der Waals surface area contributed by atoms with Crippen molar-refractivity contribution in [1.29, 1.82) is 0 Å². The van der Waals surface area contributed by atoms with Crippen LogP contribution in [0.15, 0.2) is 194 Å². The molecule has 3 aliphatic heterocycles. The van der Waals surface area contributed by atoms with Gasteiger partial charge in [-0.05, 0) is 114 Å². The van der Waals surface area contributed by atoms with Crippen molar-refractivity contribution in [2.45, 2.75) is 50.9 Å². The summed E-state index contributed by atoms with van der Waals surface area (Å²) in [6.07, 6.45) is 0. The molecule has 0 amide bonds. The fourth-order valence-corrected chi connectivity index (χ4v) is 12.2. The minimum Gasteiger partial charge on any atom is -0.376 e. The van der Waals surface area contributed by atoms with Gasteiger partial charge in [0.15, 0.2) is 0 Å². The third-order valence-electron chi connectivity index (χ3n) is 15.0. The lowest BCUT2D eigenvalue weighted by atomic mass is 9.42. The molecule has 3 heterocycles. The molecule has 0 unspecified atom stereocenters. The number of fused-ring (bicyclic) bond motifs is 11. The van der Waals surface area contributed by atoms with Crippen molar-refractivity contribution in [3.05, 3.63) is 233 Å². The molecule has 2 nitrogen and oxygen atoms in total. The summed E-state index contributed by atoms with van der Waals surface area (Å²) < 4.78 is 0. The Morgan fingerprint density at radius 3 is 1.83 bits per heavy atom. The van der Waals surface area contributed by atoms with E-state index in [0.29, 0.717) is 0 Å². The summed E-state index contributed by atoms with van der Waals surface area (Å²) in [7, 11) is 0. The van der Waals surface area contributed by atoms with E-state index in [2.05, 4.69) is 238 Å². The Bertz CT molecular complexity index is 3320. The van der Waals surface area contributed by atoms with E-state index in [1.165, 1.54) is 111 Å². The zero-order valence-electron chi connectivity index (χ0n) is 36.4. The molecule has 0 bridgehead atoms. The topological polar surface area (TPSA) is 6.48 Å². The quantitative estimate of drug-likeness (QED) is 0.164. The largest absolute Gasteiger partial charge is 0.376 e. The number of benzene rings is 9. The molecule has 9 aromatic rings. The normalized spacial score (nSPS) is 15.5. The smallest absolute Gasteiger partial charge is 0.333 e. The van der Waals surface area contributed by atoms with E-state index >= 15 is 0 Å². The van der Waals surface area contributed by atoms with Gasteiger partial charge in [-0.15, -0.1) is 0 Å². The Kier molecular flexibility index (Phi) is 7.39. The van der Waals surface area contributed by atoms with Crippen LogP contribution in [0.2, 0.25) is 0 Å². The molecule has 0 saturated heterocycles. The predicted molar refractivity (Wildman–Crippen MR) is 266 cm³/mol. The van der Waals surface area contributed by atoms with Crippen molar-refractivity contribution in [3.8, 4) is 22.3 Å². The molecule has 4 aliphatic rings. The zero-order valence-corrected chi connectivity index (χ0v) is 36.4. The lowest BCUT2D eigenvalue weighted by Gasteiger charge is -2.52. The fourth-order valence-electron chi connectivity index (χ4n) is 12.2. The van der Waals surface area contributed by atoms with Crippen molar-refractivity contribution in [2.75, 3.05) is 9.71 Å². The second-order valence-electron chi connectivity index (χ2n) is 19.6. The second kappa shape index (κ2) is 12.7. The Hall–Kier alpha value is -7.10. The van der Waals surface area contributed by atoms with Crippen LogP contribution in [0.1, 0.15) is 73.6 Å². The van der Waals surface area contributed by atoms with Crippen molar-refractivity contribution < 1.29 is 0 Å². The van der Waals surface area contributed by atoms with Gasteiger partial charge in [-0.3, -0.25) is 0 Å². The van der Waals surface area contributed by atoms with Gasteiger partial charge in [0.2, 0.25) is 0 Å². The van der Waals surface area contributed by atoms with Gasteiger partial charge >= 0.3 is 6.85 Å². The molecule has 0 aromatic heterocycles. The highest BCUT2D eigenvalue weighted by atomic mass is 15.2. The van der Waals surface area contributed by atoms with Crippen LogP contribution in [-0.4, -0.2) is 6.85 Å². The third kappa shape index (κ3) is 4.75. The van der Waals surface area contributed by atoms with E-state index in [1.54, 1.807) is 0 Å². The number of para-hydroxylation sites is 2. The van der Waals surface area contributed by atoms with Gasteiger partial charge in [-0.1, -0.05) is 192 Å². The molecule has 0 saturated carbocycles. The first kappa shape index (κ1) is 36.5. The zero-order chi connectivity index (χ0) is 42.4. The highest BCUT2D eigenvalue weighted by molar-refractivity contribution is 6.94. The molecule has 0 fully saturated rings. The van der Waals surface area contributed by atoms with Crippen LogP contribution < -0.4 is 20.6 Å². The Balaban J connectivity index is 1.20. The molecule has 3 heteroatoms. The lowest BCUT2D eigenvalue weighted by Crippen LogP contribution is -2.62. The van der Waals surface area contributed by atoms with Crippen LogP contribution in [0.5, 0.6) is 0 Å². The molecule has 0 N–H and O–H groups in total. The average molecular weight is 807 g/mol.